The Kier molecular flexibility index (Phi) is 7.38. The van der Waals surface area contributed by atoms with E-state index >= 15 is 0 Å². The third-order valence-electron chi connectivity index (χ3n) is 5.76. The van der Waals surface area contributed by atoms with E-state index in [4.69, 9.17) is 14.6 Å². The van der Waals surface area contributed by atoms with Gasteiger partial charge in [0, 0.05) is 23.3 Å². The maximum absolute atomic E-state index is 12.9. The molecule has 36 heavy (non-hydrogen) atoms. The average Bonchev–Trinajstić information content (AvgIpc) is 3.28. The maximum atomic E-state index is 12.9. The Bertz CT molecular complexity index is 1360. The van der Waals surface area contributed by atoms with Gasteiger partial charge in [-0.25, -0.2) is 9.48 Å². The van der Waals surface area contributed by atoms with Gasteiger partial charge < -0.3 is 9.47 Å². The van der Waals surface area contributed by atoms with Crippen molar-refractivity contribution < 1.29 is 19.1 Å². The second kappa shape index (κ2) is 10.6. The Morgan fingerprint density at radius 3 is 2.42 bits per heavy atom. The number of aryl methyl sites for hydroxylation is 1. The Hall–Kier alpha value is -4.13. The molecule has 0 aliphatic rings. The lowest BCUT2D eigenvalue weighted by molar-refractivity contribution is -0.143. The summed E-state index contributed by atoms with van der Waals surface area (Å²) in [5.41, 5.74) is 2.40. The zero-order chi connectivity index (χ0) is 25.7. The van der Waals surface area contributed by atoms with Crippen molar-refractivity contribution in [1.82, 2.24) is 9.78 Å². The third-order valence-corrected chi connectivity index (χ3v) is 5.76. The summed E-state index contributed by atoms with van der Waals surface area (Å²) in [6.07, 6.45) is 0.322. The lowest BCUT2D eigenvalue weighted by Gasteiger charge is -2.14. The number of nitrogens with zero attached hydrogens (tertiary/aromatic N) is 2. The molecule has 0 spiro atoms. The summed E-state index contributed by atoms with van der Waals surface area (Å²) in [5.74, 6) is 0.780. The SMILES string of the molecule is CCOC(=O)CCc1ccc(-n2nc(C(C)(C)C)cc2NC(=O)Oc2cccc3ccccc23)cc1. The molecular formula is C29H31N3O4. The molecule has 7 nitrogen and oxygen atoms in total. The number of carbonyl (C=O) groups is 2. The van der Waals surface area contributed by atoms with Crippen molar-refractivity contribution in [2.75, 3.05) is 11.9 Å². The van der Waals surface area contributed by atoms with Gasteiger partial charge in [-0.2, -0.15) is 5.10 Å². The molecule has 186 valence electrons. The molecule has 0 unspecified atom stereocenters. The predicted molar refractivity (Wildman–Crippen MR) is 141 cm³/mol. The van der Waals surface area contributed by atoms with Crippen molar-refractivity contribution in [2.24, 2.45) is 0 Å². The topological polar surface area (TPSA) is 82.5 Å². The van der Waals surface area contributed by atoms with E-state index in [9.17, 15) is 9.59 Å². The number of carbonyl (C=O) groups excluding carboxylic acids is 2. The van der Waals surface area contributed by atoms with Gasteiger partial charge in [-0.15, -0.1) is 0 Å². The second-order valence-electron chi connectivity index (χ2n) is 9.54. The van der Waals surface area contributed by atoms with Crippen molar-refractivity contribution in [1.29, 1.82) is 0 Å². The smallest absolute Gasteiger partial charge is 0.418 e. The molecule has 0 saturated carbocycles. The number of amides is 1. The van der Waals surface area contributed by atoms with Crippen molar-refractivity contribution in [3.8, 4) is 11.4 Å². The lowest BCUT2D eigenvalue weighted by atomic mass is 9.92. The van der Waals surface area contributed by atoms with Crippen LogP contribution in [0.1, 0.15) is 45.4 Å². The van der Waals surface area contributed by atoms with Crippen LogP contribution in [0, 0.1) is 0 Å². The van der Waals surface area contributed by atoms with Gasteiger partial charge in [0.25, 0.3) is 0 Å². The van der Waals surface area contributed by atoms with Gasteiger partial charge in [-0.05, 0) is 42.5 Å². The third kappa shape index (κ3) is 5.92. The fourth-order valence-corrected chi connectivity index (χ4v) is 3.83. The molecule has 4 rings (SSSR count). The number of nitrogens with one attached hydrogen (secondary N) is 1. The van der Waals surface area contributed by atoms with Gasteiger partial charge in [0.2, 0.25) is 0 Å². The second-order valence-corrected chi connectivity index (χ2v) is 9.54. The molecule has 0 bridgehead atoms. The molecule has 0 aliphatic heterocycles. The van der Waals surface area contributed by atoms with Crippen LogP contribution in [0.4, 0.5) is 10.6 Å². The van der Waals surface area contributed by atoms with Crippen LogP contribution < -0.4 is 10.1 Å². The minimum Gasteiger partial charge on any atom is -0.466 e. The molecule has 4 aromatic rings. The van der Waals surface area contributed by atoms with Crippen LogP contribution in [0.15, 0.2) is 72.8 Å². The molecule has 1 aromatic heterocycles. The fourth-order valence-electron chi connectivity index (χ4n) is 3.83. The van der Waals surface area contributed by atoms with Gasteiger partial charge >= 0.3 is 12.1 Å². The first-order chi connectivity index (χ1) is 17.2. The number of ether oxygens (including phenoxy) is 2. The van der Waals surface area contributed by atoms with Gasteiger partial charge in [0.05, 0.1) is 18.0 Å². The first kappa shape index (κ1) is 25.0. The number of hydrogen-bond acceptors (Lipinski definition) is 5. The van der Waals surface area contributed by atoms with E-state index in [-0.39, 0.29) is 11.4 Å². The van der Waals surface area contributed by atoms with Crippen molar-refractivity contribution in [3.63, 3.8) is 0 Å². The number of aromatic nitrogens is 2. The zero-order valence-corrected chi connectivity index (χ0v) is 21.1. The van der Waals surface area contributed by atoms with E-state index in [0.29, 0.717) is 31.0 Å². The van der Waals surface area contributed by atoms with Crippen LogP contribution in [0.3, 0.4) is 0 Å². The molecule has 1 heterocycles. The quantitative estimate of drug-likeness (QED) is 0.305. The largest absolute Gasteiger partial charge is 0.466 e. The molecule has 0 aliphatic carbocycles. The van der Waals surface area contributed by atoms with Crippen molar-refractivity contribution in [3.05, 3.63) is 84.1 Å². The van der Waals surface area contributed by atoms with Crippen LogP contribution in [-0.4, -0.2) is 28.4 Å². The van der Waals surface area contributed by atoms with Crippen LogP contribution in [0.5, 0.6) is 5.75 Å². The number of fused-ring (bicyclic) bond motifs is 1. The van der Waals surface area contributed by atoms with Gasteiger partial charge in [-0.3, -0.25) is 10.1 Å². The molecule has 7 heteroatoms. The highest BCUT2D eigenvalue weighted by Crippen LogP contribution is 2.28. The first-order valence-electron chi connectivity index (χ1n) is 12.1. The summed E-state index contributed by atoms with van der Waals surface area (Å²) in [5, 5.41) is 9.47. The molecule has 1 N–H and O–H groups in total. The number of benzene rings is 3. The van der Waals surface area contributed by atoms with Crippen molar-refractivity contribution >= 4 is 28.7 Å². The molecule has 0 fully saturated rings. The molecule has 0 atom stereocenters. The molecule has 3 aromatic carbocycles. The van der Waals surface area contributed by atoms with Gasteiger partial charge in [0.15, 0.2) is 0 Å². The summed E-state index contributed by atoms with van der Waals surface area (Å²) in [7, 11) is 0. The Labute approximate surface area is 211 Å². The molecule has 0 saturated heterocycles. The summed E-state index contributed by atoms with van der Waals surface area (Å²) in [6, 6.07) is 22.9. The monoisotopic (exact) mass is 485 g/mol. The maximum Gasteiger partial charge on any atom is 0.418 e. The molecule has 0 radical (unpaired) electrons. The number of esters is 1. The highest BCUT2D eigenvalue weighted by atomic mass is 16.6. The van der Waals surface area contributed by atoms with E-state index in [0.717, 1.165) is 27.7 Å². The summed E-state index contributed by atoms with van der Waals surface area (Å²) >= 11 is 0. The van der Waals surface area contributed by atoms with Crippen molar-refractivity contribution in [2.45, 2.75) is 46.0 Å². The summed E-state index contributed by atoms with van der Waals surface area (Å²) < 4.78 is 12.4. The van der Waals surface area contributed by atoms with Crippen LogP contribution in [-0.2, 0) is 21.4 Å². The number of hydrogen-bond donors (Lipinski definition) is 1. The fraction of sp³-hybridized carbons (Fsp3) is 0.276. The molecule has 1 amide bonds. The minimum atomic E-state index is -0.598. The average molecular weight is 486 g/mol. The normalized spacial score (nSPS) is 11.3. The number of anilines is 1. The standard InChI is InChI=1S/C29H31N3O4/c1-5-35-27(33)18-15-20-13-16-22(17-14-20)32-26(19-25(31-32)29(2,3)4)30-28(34)36-24-12-8-10-21-9-6-7-11-23(21)24/h6-14,16-17,19H,5,15,18H2,1-4H3,(H,30,34). The molecular weight excluding hydrogens is 454 g/mol. The highest BCUT2D eigenvalue weighted by molar-refractivity contribution is 5.92. The first-order valence-corrected chi connectivity index (χ1v) is 12.1. The minimum absolute atomic E-state index is 0.209. The van der Waals surface area contributed by atoms with E-state index in [2.05, 4.69) is 26.1 Å². The predicted octanol–water partition coefficient (Wildman–Crippen LogP) is 6.43. The van der Waals surface area contributed by atoms with Gasteiger partial charge in [0.1, 0.15) is 11.6 Å². The Balaban J connectivity index is 1.56. The van der Waals surface area contributed by atoms with Crippen LogP contribution in [0.25, 0.3) is 16.5 Å². The van der Waals surface area contributed by atoms with E-state index in [1.54, 1.807) is 17.7 Å². The van der Waals surface area contributed by atoms with Crippen LogP contribution >= 0.6 is 0 Å². The van der Waals surface area contributed by atoms with E-state index in [1.165, 1.54) is 0 Å². The zero-order valence-electron chi connectivity index (χ0n) is 21.1. The summed E-state index contributed by atoms with van der Waals surface area (Å²) in [4.78, 5) is 24.6. The highest BCUT2D eigenvalue weighted by Gasteiger charge is 2.22. The van der Waals surface area contributed by atoms with E-state index < -0.39 is 6.09 Å². The Morgan fingerprint density at radius 2 is 1.69 bits per heavy atom. The van der Waals surface area contributed by atoms with E-state index in [1.807, 2.05) is 66.7 Å². The summed E-state index contributed by atoms with van der Waals surface area (Å²) in [6.45, 7) is 8.38. The van der Waals surface area contributed by atoms with Gasteiger partial charge in [-0.1, -0.05) is 69.3 Å². The van der Waals surface area contributed by atoms with Crippen LogP contribution in [0.2, 0.25) is 0 Å². The Morgan fingerprint density at radius 1 is 0.972 bits per heavy atom. The number of rotatable bonds is 7. The lowest BCUT2D eigenvalue weighted by Crippen LogP contribution is -2.19.